The van der Waals surface area contributed by atoms with Gasteiger partial charge in [0.1, 0.15) is 11.2 Å². The molecular weight excluding hydrogens is 464 g/mol. The molecule has 188 valence electrons. The molecule has 0 aliphatic carbocycles. The van der Waals surface area contributed by atoms with Crippen LogP contribution < -0.4 is 27.4 Å². The first kappa shape index (κ1) is 24.6. The van der Waals surface area contributed by atoms with Crippen LogP contribution in [0.3, 0.4) is 0 Å². The number of H-pyrrole nitrogens is 1. The molecule has 0 spiro atoms. The van der Waals surface area contributed by atoms with Crippen LogP contribution in [0.15, 0.2) is 57.2 Å². The zero-order valence-corrected chi connectivity index (χ0v) is 20.2. The van der Waals surface area contributed by atoms with Crippen molar-refractivity contribution in [3.8, 4) is 0 Å². The molecule has 4 rings (SSSR count). The van der Waals surface area contributed by atoms with Gasteiger partial charge in [-0.3, -0.25) is 33.2 Å². The van der Waals surface area contributed by atoms with Crippen molar-refractivity contribution < 1.29 is 4.79 Å². The number of rotatable bonds is 9. The molecular formula is C24H28N8O4. The molecule has 0 aliphatic heterocycles. The summed E-state index contributed by atoms with van der Waals surface area (Å²) in [6.45, 7) is 2.38. The maximum absolute atomic E-state index is 13.5. The van der Waals surface area contributed by atoms with Crippen molar-refractivity contribution in [3.63, 3.8) is 0 Å². The van der Waals surface area contributed by atoms with E-state index in [4.69, 9.17) is 5.73 Å². The van der Waals surface area contributed by atoms with Gasteiger partial charge in [-0.1, -0.05) is 43.7 Å². The number of benzene rings is 1. The lowest BCUT2D eigenvalue weighted by molar-refractivity contribution is -0.119. The van der Waals surface area contributed by atoms with Crippen LogP contribution in [0, 0.1) is 0 Å². The van der Waals surface area contributed by atoms with Crippen molar-refractivity contribution in [1.82, 2.24) is 28.9 Å². The molecule has 0 saturated carbocycles. The van der Waals surface area contributed by atoms with Gasteiger partial charge in [-0.15, -0.1) is 0 Å². The number of nitrogens with two attached hydrogens (primary N) is 1. The van der Waals surface area contributed by atoms with Crippen molar-refractivity contribution in [1.29, 1.82) is 0 Å². The van der Waals surface area contributed by atoms with Gasteiger partial charge in [-0.2, -0.15) is 5.10 Å². The molecule has 0 aliphatic rings. The zero-order valence-electron chi connectivity index (χ0n) is 20.2. The highest BCUT2D eigenvalue weighted by atomic mass is 16.2. The fraction of sp³-hybridized carbons (Fsp3) is 0.333. The number of aromatic nitrogens is 6. The average Bonchev–Trinajstić information content (AvgIpc) is 3.24. The fourth-order valence-corrected chi connectivity index (χ4v) is 4.01. The molecule has 0 atom stereocenters. The summed E-state index contributed by atoms with van der Waals surface area (Å²) in [6.07, 6.45) is 4.19. The maximum Gasteiger partial charge on any atom is 0.330 e. The number of fused-ring (bicyclic) bond motifs is 1. The molecule has 0 fully saturated rings. The number of hydrogen-bond donors (Lipinski definition) is 2. The van der Waals surface area contributed by atoms with E-state index >= 15 is 0 Å². The van der Waals surface area contributed by atoms with Crippen LogP contribution in [0.4, 0.5) is 11.5 Å². The number of nitrogens with zero attached hydrogens (tertiary/aromatic N) is 6. The van der Waals surface area contributed by atoms with Gasteiger partial charge in [0.2, 0.25) is 5.91 Å². The molecule has 0 saturated heterocycles. The minimum atomic E-state index is -0.745. The fourth-order valence-electron chi connectivity index (χ4n) is 4.01. The van der Waals surface area contributed by atoms with Crippen LogP contribution in [-0.2, 0) is 31.5 Å². The number of carbonyl (C=O) groups is 1. The van der Waals surface area contributed by atoms with E-state index in [1.807, 2.05) is 37.3 Å². The molecule has 4 aromatic rings. The third-order valence-electron chi connectivity index (χ3n) is 5.99. The van der Waals surface area contributed by atoms with Crippen molar-refractivity contribution in [2.24, 2.45) is 7.05 Å². The van der Waals surface area contributed by atoms with E-state index in [-0.39, 0.29) is 36.6 Å². The third kappa shape index (κ3) is 4.83. The Morgan fingerprint density at radius 2 is 1.89 bits per heavy atom. The van der Waals surface area contributed by atoms with E-state index in [9.17, 15) is 19.2 Å². The zero-order chi connectivity index (χ0) is 25.8. The molecule has 3 aromatic heterocycles. The van der Waals surface area contributed by atoms with Crippen LogP contribution in [0.2, 0.25) is 0 Å². The number of carbonyl (C=O) groups excluding carboxylic acids is 1. The average molecular weight is 493 g/mol. The second kappa shape index (κ2) is 10.4. The lowest BCUT2D eigenvalue weighted by Crippen LogP contribution is -2.41. The number of nitrogen functional groups attached to an aromatic ring is 1. The summed E-state index contributed by atoms with van der Waals surface area (Å²) in [5, 5.41) is 4.39. The molecule has 0 radical (unpaired) electrons. The normalized spacial score (nSPS) is 11.2. The monoisotopic (exact) mass is 492 g/mol. The summed E-state index contributed by atoms with van der Waals surface area (Å²) in [5.41, 5.74) is 5.73. The minimum absolute atomic E-state index is 0.0358. The largest absolute Gasteiger partial charge is 0.383 e. The number of hydrogen-bond acceptors (Lipinski definition) is 7. The van der Waals surface area contributed by atoms with E-state index in [1.165, 1.54) is 31.2 Å². The summed E-state index contributed by atoms with van der Waals surface area (Å²) < 4.78 is 4.10. The van der Waals surface area contributed by atoms with Crippen LogP contribution in [0.25, 0.3) is 11.0 Å². The molecule has 3 heterocycles. The van der Waals surface area contributed by atoms with Crippen molar-refractivity contribution in [2.45, 2.75) is 45.8 Å². The molecule has 36 heavy (non-hydrogen) atoms. The van der Waals surface area contributed by atoms with E-state index < -0.39 is 17.2 Å². The first-order chi connectivity index (χ1) is 17.3. The number of aromatic amines is 1. The summed E-state index contributed by atoms with van der Waals surface area (Å²) in [4.78, 5) is 59.4. The molecule has 3 N–H and O–H groups in total. The van der Waals surface area contributed by atoms with Crippen LogP contribution in [0.5, 0.6) is 0 Å². The third-order valence-corrected chi connectivity index (χ3v) is 5.99. The molecule has 1 aromatic carbocycles. The van der Waals surface area contributed by atoms with Crippen molar-refractivity contribution in [2.75, 3.05) is 10.6 Å². The Balaban J connectivity index is 1.69. The van der Waals surface area contributed by atoms with Gasteiger partial charge in [0.05, 0.1) is 19.1 Å². The van der Waals surface area contributed by atoms with E-state index in [0.29, 0.717) is 24.0 Å². The van der Waals surface area contributed by atoms with Gasteiger partial charge >= 0.3 is 5.69 Å². The molecule has 12 nitrogen and oxygen atoms in total. The van der Waals surface area contributed by atoms with Gasteiger partial charge < -0.3 is 10.6 Å². The minimum Gasteiger partial charge on any atom is -0.383 e. The summed E-state index contributed by atoms with van der Waals surface area (Å²) in [7, 11) is 1.69. The SMILES string of the molecule is CCCCn1c(N)c(N(Cc2ccccc2)C(=O)CCn2cnc3c(cnn3C)c2=O)c(=O)[nH]c1=O. The van der Waals surface area contributed by atoms with Crippen LogP contribution >= 0.6 is 0 Å². The van der Waals surface area contributed by atoms with Gasteiger partial charge in [0, 0.05) is 26.6 Å². The van der Waals surface area contributed by atoms with Gasteiger partial charge in [0.15, 0.2) is 11.3 Å². The lowest BCUT2D eigenvalue weighted by Gasteiger charge is -2.25. The van der Waals surface area contributed by atoms with Crippen molar-refractivity contribution >= 4 is 28.4 Å². The number of amides is 1. The Hall–Kier alpha value is -4.48. The summed E-state index contributed by atoms with van der Waals surface area (Å²) in [5.74, 6) is -0.507. The lowest BCUT2D eigenvalue weighted by atomic mass is 10.2. The van der Waals surface area contributed by atoms with Gasteiger partial charge in [0.25, 0.3) is 11.1 Å². The van der Waals surface area contributed by atoms with E-state index in [2.05, 4.69) is 15.1 Å². The maximum atomic E-state index is 13.5. The molecule has 1 amide bonds. The molecule has 0 unspecified atom stereocenters. The number of anilines is 2. The molecule has 12 heteroatoms. The Labute approximate surface area is 205 Å². The Morgan fingerprint density at radius 3 is 2.61 bits per heavy atom. The number of unbranched alkanes of at least 4 members (excludes halogenated alkanes) is 1. The first-order valence-electron chi connectivity index (χ1n) is 11.7. The first-order valence-corrected chi connectivity index (χ1v) is 11.7. The predicted octanol–water partition coefficient (Wildman–Crippen LogP) is 0.986. The van der Waals surface area contributed by atoms with Gasteiger partial charge in [-0.25, -0.2) is 9.78 Å². The Morgan fingerprint density at radius 1 is 1.14 bits per heavy atom. The predicted molar refractivity (Wildman–Crippen MR) is 136 cm³/mol. The summed E-state index contributed by atoms with van der Waals surface area (Å²) >= 11 is 0. The Kier molecular flexibility index (Phi) is 7.13. The number of nitrogens with one attached hydrogen (secondary N) is 1. The van der Waals surface area contributed by atoms with Gasteiger partial charge in [-0.05, 0) is 12.0 Å². The Bertz CT molecular complexity index is 1570. The van der Waals surface area contributed by atoms with Crippen LogP contribution in [-0.4, -0.2) is 34.8 Å². The quantitative estimate of drug-likeness (QED) is 0.353. The topological polar surface area (TPSA) is 154 Å². The van der Waals surface area contributed by atoms with E-state index in [1.54, 1.807) is 7.05 Å². The van der Waals surface area contributed by atoms with E-state index in [0.717, 1.165) is 12.0 Å². The number of aryl methyl sites for hydroxylation is 2. The summed E-state index contributed by atoms with van der Waals surface area (Å²) in [6, 6.07) is 9.13. The smallest absolute Gasteiger partial charge is 0.330 e. The van der Waals surface area contributed by atoms with Crippen molar-refractivity contribution in [3.05, 3.63) is 79.6 Å². The highest BCUT2D eigenvalue weighted by molar-refractivity contribution is 5.95. The second-order valence-electron chi connectivity index (χ2n) is 8.46. The highest BCUT2D eigenvalue weighted by Crippen LogP contribution is 2.21. The van der Waals surface area contributed by atoms with Crippen LogP contribution in [0.1, 0.15) is 31.7 Å². The highest BCUT2D eigenvalue weighted by Gasteiger charge is 2.24. The second-order valence-corrected chi connectivity index (χ2v) is 8.46. The molecule has 0 bridgehead atoms. The standard InChI is InChI=1S/C24H28N8O4/c1-3-4-11-31-20(25)19(22(34)28-24(31)36)32(14-16-8-6-5-7-9-16)18(33)10-12-30-15-26-21-17(23(30)35)13-27-29(21)2/h5-9,13,15H,3-4,10-12,14,25H2,1-2H3,(H,28,34,36).